The molecule has 0 aromatic heterocycles. The molecular weight excluding hydrogens is 298 g/mol. The lowest BCUT2D eigenvalue weighted by atomic mass is 10.0. The molecule has 5 nitrogen and oxygen atoms in total. The third kappa shape index (κ3) is 7.43. The molecule has 0 atom stereocenters. The Hall–Kier alpha value is -1.43. The highest BCUT2D eigenvalue weighted by Crippen LogP contribution is 2.21. The van der Waals surface area contributed by atoms with Crippen LogP contribution in [0.25, 0.3) is 0 Å². The molecule has 0 radical (unpaired) electrons. The summed E-state index contributed by atoms with van der Waals surface area (Å²) >= 11 is 0. The number of nitrogens with zero attached hydrogens (tertiary/aromatic N) is 1. The Kier molecular flexibility index (Phi) is 9.46. The summed E-state index contributed by atoms with van der Waals surface area (Å²) in [7, 11) is 0. The van der Waals surface area contributed by atoms with Crippen LogP contribution >= 0.6 is 0 Å². The van der Waals surface area contributed by atoms with Crippen molar-refractivity contribution in [2.45, 2.75) is 38.5 Å². The molecule has 5 heteroatoms. The molecule has 0 aliphatic carbocycles. The third-order valence-electron chi connectivity index (χ3n) is 4.26. The first-order chi connectivity index (χ1) is 11.9. The maximum atomic E-state index is 5.45. The van der Waals surface area contributed by atoms with Gasteiger partial charge in [-0.3, -0.25) is 4.99 Å². The second kappa shape index (κ2) is 12.0. The fraction of sp³-hybridized carbons (Fsp3) is 0.632. The second-order valence-electron chi connectivity index (χ2n) is 6.31. The number of para-hydroxylation sites is 1. The number of aryl methyl sites for hydroxylation is 1. The Morgan fingerprint density at radius 1 is 0.917 bits per heavy atom. The van der Waals surface area contributed by atoms with E-state index in [9.17, 15) is 0 Å². The molecule has 1 aromatic rings. The highest BCUT2D eigenvalue weighted by atomic mass is 15.0. The first kappa shape index (κ1) is 18.9. The normalized spacial score (nSPS) is 15.3. The number of nitrogens with two attached hydrogens (primary N) is 1. The van der Waals surface area contributed by atoms with Crippen LogP contribution in [0.1, 0.15) is 37.7 Å². The maximum Gasteiger partial charge on any atom is 0.101 e. The number of fused-ring (bicyclic) bond motifs is 1. The van der Waals surface area contributed by atoms with Gasteiger partial charge in [-0.15, -0.1) is 0 Å². The number of rotatable bonds is 12. The molecule has 0 saturated heterocycles. The average molecular weight is 332 g/mol. The molecule has 134 valence electrons. The van der Waals surface area contributed by atoms with Crippen LogP contribution < -0.4 is 21.7 Å². The molecule has 5 N–H and O–H groups in total. The number of hydrogen-bond donors (Lipinski definition) is 4. The van der Waals surface area contributed by atoms with Crippen LogP contribution in [0, 0.1) is 0 Å². The quantitative estimate of drug-likeness (QED) is 0.443. The van der Waals surface area contributed by atoms with Crippen molar-refractivity contribution in [1.29, 1.82) is 0 Å². The Morgan fingerprint density at radius 3 is 2.42 bits per heavy atom. The number of hydrogen-bond acceptors (Lipinski definition) is 4. The summed E-state index contributed by atoms with van der Waals surface area (Å²) in [5.41, 5.74) is 8.08. The van der Waals surface area contributed by atoms with Crippen LogP contribution in [0.2, 0.25) is 0 Å². The van der Waals surface area contributed by atoms with E-state index >= 15 is 0 Å². The van der Waals surface area contributed by atoms with Crippen LogP contribution in [-0.4, -0.2) is 45.1 Å². The van der Waals surface area contributed by atoms with Crippen molar-refractivity contribution < 1.29 is 0 Å². The molecule has 1 aliphatic rings. The Labute approximate surface area is 146 Å². The van der Waals surface area contributed by atoms with Gasteiger partial charge in [0.05, 0.1) is 0 Å². The van der Waals surface area contributed by atoms with Crippen LogP contribution in [0.4, 0.5) is 5.69 Å². The third-order valence-corrected chi connectivity index (χ3v) is 4.26. The standard InChI is InChI=1S/C19H33N5/c20-11-5-14-21-12-3-4-13-22-15-6-16-23-19-10-9-17-7-1-2-8-18(17)24-19/h1-2,7-8,21-22H,3-6,9-16,20H2,(H,23,24). The molecule has 1 aromatic carbocycles. The largest absolute Gasteiger partial charge is 0.344 e. The monoisotopic (exact) mass is 331 g/mol. The molecule has 0 unspecified atom stereocenters. The van der Waals surface area contributed by atoms with Crippen molar-refractivity contribution in [1.82, 2.24) is 10.6 Å². The summed E-state index contributed by atoms with van der Waals surface area (Å²) in [4.78, 5) is 4.70. The Morgan fingerprint density at radius 2 is 1.62 bits per heavy atom. The number of anilines is 1. The Bertz CT molecular complexity index is 486. The molecule has 1 heterocycles. The molecule has 2 rings (SSSR count). The van der Waals surface area contributed by atoms with Crippen molar-refractivity contribution in [3.8, 4) is 0 Å². The number of aliphatic imine (C=N–C) groups is 1. The van der Waals surface area contributed by atoms with Crippen molar-refractivity contribution in [3.05, 3.63) is 29.8 Å². The van der Waals surface area contributed by atoms with Gasteiger partial charge in [0, 0.05) is 18.7 Å². The minimum Gasteiger partial charge on any atom is -0.344 e. The van der Waals surface area contributed by atoms with Gasteiger partial charge in [0.15, 0.2) is 0 Å². The van der Waals surface area contributed by atoms with Gasteiger partial charge in [-0.05, 0) is 76.5 Å². The zero-order chi connectivity index (χ0) is 16.9. The van der Waals surface area contributed by atoms with Crippen LogP contribution in [-0.2, 0) is 6.42 Å². The summed E-state index contributed by atoms with van der Waals surface area (Å²) in [6.45, 7) is 5.97. The van der Waals surface area contributed by atoms with E-state index in [4.69, 9.17) is 10.7 Å². The van der Waals surface area contributed by atoms with Crippen molar-refractivity contribution in [2.24, 2.45) is 10.7 Å². The van der Waals surface area contributed by atoms with Crippen LogP contribution in [0.5, 0.6) is 0 Å². The van der Waals surface area contributed by atoms with E-state index < -0.39 is 0 Å². The Balaban J connectivity index is 1.44. The summed E-state index contributed by atoms with van der Waals surface area (Å²) < 4.78 is 0. The number of benzene rings is 1. The molecule has 0 bridgehead atoms. The van der Waals surface area contributed by atoms with Gasteiger partial charge in [0.2, 0.25) is 0 Å². The molecule has 0 saturated carbocycles. The lowest BCUT2D eigenvalue weighted by Crippen LogP contribution is -2.22. The smallest absolute Gasteiger partial charge is 0.101 e. The number of amidine groups is 1. The van der Waals surface area contributed by atoms with Gasteiger partial charge in [0.25, 0.3) is 0 Å². The molecule has 0 spiro atoms. The maximum absolute atomic E-state index is 5.45. The molecular formula is C19H33N5. The van der Waals surface area contributed by atoms with Gasteiger partial charge in [0.1, 0.15) is 5.84 Å². The lowest BCUT2D eigenvalue weighted by Gasteiger charge is -2.19. The van der Waals surface area contributed by atoms with Gasteiger partial charge in [-0.25, -0.2) is 0 Å². The fourth-order valence-electron chi connectivity index (χ4n) is 2.84. The van der Waals surface area contributed by atoms with E-state index in [-0.39, 0.29) is 0 Å². The predicted octanol–water partition coefficient (Wildman–Crippen LogP) is 2.14. The molecule has 24 heavy (non-hydrogen) atoms. The number of nitrogens with one attached hydrogen (secondary N) is 3. The first-order valence-electron chi connectivity index (χ1n) is 9.40. The van der Waals surface area contributed by atoms with E-state index in [1.54, 1.807) is 0 Å². The van der Waals surface area contributed by atoms with Crippen molar-refractivity contribution in [2.75, 3.05) is 44.6 Å². The summed E-state index contributed by atoms with van der Waals surface area (Å²) in [6.07, 6.45) is 6.75. The summed E-state index contributed by atoms with van der Waals surface area (Å²) in [6, 6.07) is 8.50. The minimum absolute atomic E-state index is 0.779. The van der Waals surface area contributed by atoms with E-state index in [1.165, 1.54) is 24.1 Å². The minimum atomic E-state index is 0.779. The van der Waals surface area contributed by atoms with Crippen molar-refractivity contribution >= 4 is 11.5 Å². The zero-order valence-electron chi connectivity index (χ0n) is 14.8. The fourth-order valence-corrected chi connectivity index (χ4v) is 2.84. The van der Waals surface area contributed by atoms with Gasteiger partial charge in [-0.2, -0.15) is 0 Å². The average Bonchev–Trinajstić information content (AvgIpc) is 2.62. The van der Waals surface area contributed by atoms with Gasteiger partial charge < -0.3 is 21.7 Å². The van der Waals surface area contributed by atoms with E-state index in [0.717, 1.165) is 70.8 Å². The summed E-state index contributed by atoms with van der Waals surface area (Å²) in [5.74, 6) is 1.14. The second-order valence-corrected chi connectivity index (χ2v) is 6.31. The van der Waals surface area contributed by atoms with Gasteiger partial charge in [-0.1, -0.05) is 18.2 Å². The lowest BCUT2D eigenvalue weighted by molar-refractivity contribution is 0.570. The van der Waals surface area contributed by atoms with E-state index in [0.29, 0.717) is 0 Å². The van der Waals surface area contributed by atoms with E-state index in [2.05, 4.69) is 40.2 Å². The number of unbranched alkanes of at least 4 members (excludes halogenated alkanes) is 1. The van der Waals surface area contributed by atoms with E-state index in [1.807, 2.05) is 0 Å². The predicted molar refractivity (Wildman–Crippen MR) is 104 cm³/mol. The molecule has 0 fully saturated rings. The highest BCUT2D eigenvalue weighted by Gasteiger charge is 2.11. The highest BCUT2D eigenvalue weighted by molar-refractivity contribution is 5.98. The zero-order valence-corrected chi connectivity index (χ0v) is 14.8. The van der Waals surface area contributed by atoms with Crippen molar-refractivity contribution in [3.63, 3.8) is 0 Å². The molecule has 0 amide bonds. The first-order valence-corrected chi connectivity index (χ1v) is 9.40. The van der Waals surface area contributed by atoms with Gasteiger partial charge >= 0.3 is 0 Å². The topological polar surface area (TPSA) is 74.5 Å². The van der Waals surface area contributed by atoms with Crippen LogP contribution in [0.15, 0.2) is 29.3 Å². The summed E-state index contributed by atoms with van der Waals surface area (Å²) in [5, 5.41) is 10.4. The van der Waals surface area contributed by atoms with Crippen LogP contribution in [0.3, 0.4) is 0 Å². The SMILES string of the molecule is NCCCNCCCCNCCCN=C1CCc2ccccc2N1. The molecule has 1 aliphatic heterocycles.